The number of hydrogen-bond donors (Lipinski definition) is 1. The largest absolute Gasteiger partial charge is 0.495 e. The fourth-order valence-corrected chi connectivity index (χ4v) is 3.05. The van der Waals surface area contributed by atoms with Crippen LogP contribution in [0.4, 0.5) is 10.1 Å². The summed E-state index contributed by atoms with van der Waals surface area (Å²) in [7, 11) is 2.96. The van der Waals surface area contributed by atoms with Gasteiger partial charge in [0.05, 0.1) is 30.7 Å². The highest BCUT2D eigenvalue weighted by molar-refractivity contribution is 7.99. The normalized spacial score (nSPS) is 10.6. The summed E-state index contributed by atoms with van der Waals surface area (Å²) in [6.07, 6.45) is 0. The Labute approximate surface area is 169 Å². The van der Waals surface area contributed by atoms with E-state index in [0.717, 1.165) is 11.8 Å². The number of ether oxygens (including phenoxy) is 2. The Kier molecular flexibility index (Phi) is 6.37. The molecule has 0 atom stereocenters. The first-order valence-electron chi connectivity index (χ1n) is 7.93. The molecule has 7 nitrogen and oxygen atoms in total. The van der Waals surface area contributed by atoms with Gasteiger partial charge in [-0.05, 0) is 30.3 Å². The number of carbonyl (C=O) groups excluding carboxylic acids is 1. The van der Waals surface area contributed by atoms with Crippen LogP contribution in [0.1, 0.15) is 0 Å². The van der Waals surface area contributed by atoms with Crippen LogP contribution in [0, 0.1) is 5.82 Å². The van der Waals surface area contributed by atoms with E-state index in [9.17, 15) is 9.18 Å². The van der Waals surface area contributed by atoms with Crippen molar-refractivity contribution in [3.63, 3.8) is 0 Å². The Morgan fingerprint density at radius 3 is 2.57 bits per heavy atom. The van der Waals surface area contributed by atoms with Gasteiger partial charge in [0.25, 0.3) is 5.22 Å². The van der Waals surface area contributed by atoms with Crippen LogP contribution in [0.3, 0.4) is 0 Å². The first kappa shape index (κ1) is 20.0. The molecule has 0 aliphatic carbocycles. The standard InChI is InChI=1S/C18H15ClFN3O4S/c1-25-14-8-15(26-2)13(7-12(14)19)21-16(24)9-28-18-23-22-17(27-18)10-3-5-11(20)6-4-10/h3-8H,9H2,1-2H3,(H,21,24). The van der Waals surface area contributed by atoms with E-state index >= 15 is 0 Å². The third-order valence-electron chi connectivity index (χ3n) is 3.57. The minimum Gasteiger partial charge on any atom is -0.495 e. The summed E-state index contributed by atoms with van der Waals surface area (Å²) < 4.78 is 28.8. The summed E-state index contributed by atoms with van der Waals surface area (Å²) in [4.78, 5) is 12.2. The third-order valence-corrected chi connectivity index (χ3v) is 4.69. The van der Waals surface area contributed by atoms with E-state index in [0.29, 0.717) is 27.8 Å². The van der Waals surface area contributed by atoms with Crippen LogP contribution in [0.5, 0.6) is 11.5 Å². The molecule has 1 aromatic heterocycles. The lowest BCUT2D eigenvalue weighted by molar-refractivity contribution is -0.113. The molecule has 2 aromatic carbocycles. The second-order valence-electron chi connectivity index (χ2n) is 5.40. The van der Waals surface area contributed by atoms with Gasteiger partial charge in [0.2, 0.25) is 11.8 Å². The molecule has 1 amide bonds. The van der Waals surface area contributed by atoms with Gasteiger partial charge in [-0.2, -0.15) is 0 Å². The number of halogens is 2. The molecule has 0 fully saturated rings. The van der Waals surface area contributed by atoms with Crippen molar-refractivity contribution in [3.05, 3.63) is 47.2 Å². The molecule has 3 rings (SSSR count). The number of nitrogens with zero attached hydrogens (tertiary/aromatic N) is 2. The van der Waals surface area contributed by atoms with Crippen molar-refractivity contribution in [1.82, 2.24) is 10.2 Å². The van der Waals surface area contributed by atoms with Gasteiger partial charge >= 0.3 is 0 Å². The fraction of sp³-hybridized carbons (Fsp3) is 0.167. The van der Waals surface area contributed by atoms with Crippen LogP contribution in [0.15, 0.2) is 46.0 Å². The summed E-state index contributed by atoms with van der Waals surface area (Å²) >= 11 is 7.16. The van der Waals surface area contributed by atoms with Crippen molar-refractivity contribution in [1.29, 1.82) is 0 Å². The fourth-order valence-electron chi connectivity index (χ4n) is 2.25. The molecule has 0 aliphatic rings. The molecule has 28 heavy (non-hydrogen) atoms. The van der Waals surface area contributed by atoms with E-state index in [4.69, 9.17) is 25.5 Å². The Hall–Kier alpha value is -2.78. The SMILES string of the molecule is COc1cc(OC)c(NC(=O)CSc2nnc(-c3ccc(F)cc3)o2)cc1Cl. The molecule has 0 radical (unpaired) electrons. The van der Waals surface area contributed by atoms with Gasteiger partial charge in [-0.1, -0.05) is 23.4 Å². The lowest BCUT2D eigenvalue weighted by atomic mass is 10.2. The van der Waals surface area contributed by atoms with Crippen LogP contribution >= 0.6 is 23.4 Å². The highest BCUT2D eigenvalue weighted by Crippen LogP contribution is 2.36. The molecular weight excluding hydrogens is 409 g/mol. The summed E-state index contributed by atoms with van der Waals surface area (Å²) in [5.41, 5.74) is 0.999. The van der Waals surface area contributed by atoms with Crippen LogP contribution in [-0.4, -0.2) is 36.1 Å². The van der Waals surface area contributed by atoms with E-state index in [1.165, 1.54) is 38.5 Å². The average Bonchev–Trinajstić information content (AvgIpc) is 3.16. The van der Waals surface area contributed by atoms with Crippen LogP contribution < -0.4 is 14.8 Å². The quantitative estimate of drug-likeness (QED) is 0.567. The van der Waals surface area contributed by atoms with Crippen molar-refractivity contribution in [2.24, 2.45) is 0 Å². The smallest absolute Gasteiger partial charge is 0.277 e. The molecule has 0 saturated heterocycles. The van der Waals surface area contributed by atoms with E-state index in [-0.39, 0.29) is 28.6 Å². The number of nitrogens with one attached hydrogen (secondary N) is 1. The van der Waals surface area contributed by atoms with Gasteiger partial charge in [0.1, 0.15) is 17.3 Å². The number of anilines is 1. The van der Waals surface area contributed by atoms with Crippen LogP contribution in [0.25, 0.3) is 11.5 Å². The minimum absolute atomic E-state index is 0.0256. The first-order valence-corrected chi connectivity index (χ1v) is 9.30. The summed E-state index contributed by atoms with van der Waals surface area (Å²) in [6.45, 7) is 0. The molecular formula is C18H15ClFN3O4S. The predicted molar refractivity (Wildman–Crippen MR) is 104 cm³/mol. The Morgan fingerprint density at radius 1 is 1.18 bits per heavy atom. The molecule has 0 spiro atoms. The summed E-state index contributed by atoms with van der Waals surface area (Å²) in [5, 5.41) is 11.0. The minimum atomic E-state index is -0.358. The summed E-state index contributed by atoms with van der Waals surface area (Å²) in [5.74, 6) is 0.444. The van der Waals surface area contributed by atoms with Gasteiger partial charge in [-0.15, -0.1) is 10.2 Å². The zero-order chi connectivity index (χ0) is 20.1. The number of methoxy groups -OCH3 is 2. The van der Waals surface area contributed by atoms with Gasteiger partial charge in [-0.25, -0.2) is 4.39 Å². The van der Waals surface area contributed by atoms with Crippen molar-refractivity contribution in [3.8, 4) is 23.0 Å². The van der Waals surface area contributed by atoms with E-state index in [1.54, 1.807) is 12.1 Å². The number of carbonyl (C=O) groups is 1. The van der Waals surface area contributed by atoms with Crippen LogP contribution in [-0.2, 0) is 4.79 Å². The first-order chi connectivity index (χ1) is 13.5. The zero-order valence-corrected chi connectivity index (χ0v) is 16.4. The number of benzene rings is 2. The Morgan fingerprint density at radius 2 is 1.89 bits per heavy atom. The maximum absolute atomic E-state index is 13.0. The molecule has 0 bridgehead atoms. The summed E-state index contributed by atoms with van der Waals surface area (Å²) in [6, 6.07) is 8.78. The topological polar surface area (TPSA) is 86.5 Å². The molecule has 10 heteroatoms. The van der Waals surface area contributed by atoms with Gasteiger partial charge < -0.3 is 19.2 Å². The van der Waals surface area contributed by atoms with Crippen molar-refractivity contribution in [2.75, 3.05) is 25.3 Å². The Balaban J connectivity index is 1.62. The number of thioether (sulfide) groups is 1. The maximum atomic E-state index is 13.0. The molecule has 0 saturated carbocycles. The second kappa shape index (κ2) is 8.94. The van der Waals surface area contributed by atoms with Crippen molar-refractivity contribution in [2.45, 2.75) is 5.22 Å². The number of amides is 1. The van der Waals surface area contributed by atoms with E-state index in [2.05, 4.69) is 15.5 Å². The van der Waals surface area contributed by atoms with E-state index < -0.39 is 0 Å². The molecule has 0 unspecified atom stereocenters. The maximum Gasteiger partial charge on any atom is 0.277 e. The van der Waals surface area contributed by atoms with Crippen molar-refractivity contribution < 1.29 is 23.1 Å². The van der Waals surface area contributed by atoms with Crippen LogP contribution in [0.2, 0.25) is 5.02 Å². The number of aromatic nitrogens is 2. The van der Waals surface area contributed by atoms with Crippen molar-refractivity contribution >= 4 is 35.0 Å². The van der Waals surface area contributed by atoms with Gasteiger partial charge in [-0.3, -0.25) is 4.79 Å². The zero-order valence-electron chi connectivity index (χ0n) is 14.9. The van der Waals surface area contributed by atoms with E-state index in [1.807, 2.05) is 0 Å². The molecule has 146 valence electrons. The Bertz CT molecular complexity index is 981. The van der Waals surface area contributed by atoms with Gasteiger partial charge in [0.15, 0.2) is 0 Å². The number of rotatable bonds is 7. The number of hydrogen-bond acceptors (Lipinski definition) is 7. The highest BCUT2D eigenvalue weighted by atomic mass is 35.5. The molecule has 1 N–H and O–H groups in total. The van der Waals surface area contributed by atoms with Gasteiger partial charge in [0, 0.05) is 11.6 Å². The second-order valence-corrected chi connectivity index (χ2v) is 6.74. The predicted octanol–water partition coefficient (Wildman–Crippen LogP) is 4.28. The average molecular weight is 424 g/mol. The lowest BCUT2D eigenvalue weighted by Crippen LogP contribution is -2.14. The third kappa shape index (κ3) is 4.73. The molecule has 1 heterocycles. The molecule has 3 aromatic rings. The highest BCUT2D eigenvalue weighted by Gasteiger charge is 2.15. The lowest BCUT2D eigenvalue weighted by Gasteiger charge is -2.12. The monoisotopic (exact) mass is 423 g/mol. The molecule has 0 aliphatic heterocycles.